The maximum atomic E-state index is 12.4. The van der Waals surface area contributed by atoms with Crippen molar-refractivity contribution in [1.82, 2.24) is 5.43 Å². The molecule has 0 radical (unpaired) electrons. The van der Waals surface area contributed by atoms with Crippen LogP contribution < -0.4 is 5.43 Å². The number of hydrogen-bond donors (Lipinski definition) is 1. The third-order valence-electron chi connectivity index (χ3n) is 2.93. The fraction of sp³-hybridized carbons (Fsp3) is 0.0625. The number of amides is 1. The van der Waals surface area contributed by atoms with E-state index in [2.05, 4.69) is 10.5 Å². The molecule has 23 heavy (non-hydrogen) atoms. The molecule has 0 aliphatic rings. The highest BCUT2D eigenvalue weighted by Gasteiger charge is 2.30. The van der Waals surface area contributed by atoms with Crippen molar-refractivity contribution >= 4 is 12.1 Å². The van der Waals surface area contributed by atoms with Crippen LogP contribution in [0, 0.1) is 11.3 Å². The van der Waals surface area contributed by atoms with E-state index >= 15 is 0 Å². The second-order valence-electron chi connectivity index (χ2n) is 4.47. The van der Waals surface area contributed by atoms with Crippen molar-refractivity contribution in [2.75, 3.05) is 0 Å². The van der Waals surface area contributed by atoms with Crippen molar-refractivity contribution in [1.29, 1.82) is 5.26 Å². The van der Waals surface area contributed by atoms with Gasteiger partial charge in [-0.15, -0.1) is 0 Å². The van der Waals surface area contributed by atoms with Crippen LogP contribution in [0.1, 0.15) is 27.0 Å². The van der Waals surface area contributed by atoms with Gasteiger partial charge in [-0.05, 0) is 30.3 Å². The number of nitrogens with zero attached hydrogens (tertiary/aromatic N) is 2. The highest BCUT2D eigenvalue weighted by molar-refractivity contribution is 5.95. The standard InChI is InChI=1S/C16H10F3N3O/c17-16(18,19)14-7-5-11(6-8-14)15(23)22-21-10-13-4-2-1-3-12(13)9-20/h1-8,10H,(H,22,23). The van der Waals surface area contributed by atoms with Gasteiger partial charge < -0.3 is 0 Å². The van der Waals surface area contributed by atoms with Gasteiger partial charge in [-0.3, -0.25) is 4.79 Å². The SMILES string of the molecule is N#Cc1ccccc1C=NNC(=O)c1ccc(C(F)(F)F)cc1. The average Bonchev–Trinajstić information content (AvgIpc) is 2.54. The molecule has 0 spiro atoms. The molecule has 4 nitrogen and oxygen atoms in total. The second-order valence-corrected chi connectivity index (χ2v) is 4.47. The highest BCUT2D eigenvalue weighted by Crippen LogP contribution is 2.29. The predicted molar refractivity (Wildman–Crippen MR) is 77.7 cm³/mol. The molecular weight excluding hydrogens is 307 g/mol. The van der Waals surface area contributed by atoms with E-state index in [4.69, 9.17) is 5.26 Å². The van der Waals surface area contributed by atoms with Gasteiger partial charge in [0.15, 0.2) is 0 Å². The fourth-order valence-electron chi connectivity index (χ4n) is 1.75. The van der Waals surface area contributed by atoms with E-state index in [0.29, 0.717) is 11.1 Å². The molecule has 0 saturated heterocycles. The van der Waals surface area contributed by atoms with Crippen LogP contribution in [0.3, 0.4) is 0 Å². The Morgan fingerprint density at radius 3 is 2.39 bits per heavy atom. The van der Waals surface area contributed by atoms with Crippen LogP contribution in [0.15, 0.2) is 53.6 Å². The molecule has 2 aromatic rings. The molecule has 0 fully saturated rings. The Morgan fingerprint density at radius 1 is 1.13 bits per heavy atom. The number of nitriles is 1. The van der Waals surface area contributed by atoms with Gasteiger partial charge in [-0.1, -0.05) is 18.2 Å². The van der Waals surface area contributed by atoms with E-state index in [1.165, 1.54) is 6.21 Å². The lowest BCUT2D eigenvalue weighted by atomic mass is 10.1. The summed E-state index contributed by atoms with van der Waals surface area (Å²) in [6, 6.07) is 12.4. The molecule has 0 bridgehead atoms. The van der Waals surface area contributed by atoms with Crippen LogP contribution in [0.5, 0.6) is 0 Å². The predicted octanol–water partition coefficient (Wildman–Crippen LogP) is 3.34. The zero-order chi connectivity index (χ0) is 16.9. The number of hydrogen-bond acceptors (Lipinski definition) is 3. The molecule has 0 aromatic heterocycles. The van der Waals surface area contributed by atoms with Gasteiger partial charge in [-0.25, -0.2) is 5.43 Å². The topological polar surface area (TPSA) is 65.2 Å². The Balaban J connectivity index is 2.05. The second kappa shape index (κ2) is 6.75. The number of alkyl halides is 3. The molecular formula is C16H10F3N3O. The van der Waals surface area contributed by atoms with Crippen molar-refractivity contribution in [2.45, 2.75) is 6.18 Å². The van der Waals surface area contributed by atoms with Crippen molar-refractivity contribution in [3.63, 3.8) is 0 Å². The lowest BCUT2D eigenvalue weighted by molar-refractivity contribution is -0.137. The molecule has 0 aliphatic heterocycles. The molecule has 0 atom stereocenters. The Labute approximate surface area is 129 Å². The summed E-state index contributed by atoms with van der Waals surface area (Å²) in [6.45, 7) is 0. The fourth-order valence-corrected chi connectivity index (χ4v) is 1.75. The van der Waals surface area contributed by atoms with Crippen molar-refractivity contribution in [2.24, 2.45) is 5.10 Å². The van der Waals surface area contributed by atoms with Crippen LogP contribution in [0.4, 0.5) is 13.2 Å². The number of halogens is 3. The quantitative estimate of drug-likeness (QED) is 0.697. The Morgan fingerprint density at radius 2 is 1.78 bits per heavy atom. The third kappa shape index (κ3) is 4.17. The number of carbonyl (C=O) groups excluding carboxylic acids is 1. The zero-order valence-electron chi connectivity index (χ0n) is 11.6. The first-order chi connectivity index (χ1) is 10.9. The van der Waals surface area contributed by atoms with Crippen molar-refractivity contribution < 1.29 is 18.0 Å². The normalized spacial score (nSPS) is 11.2. The Bertz CT molecular complexity index is 774. The summed E-state index contributed by atoms with van der Waals surface area (Å²) >= 11 is 0. The molecule has 1 N–H and O–H groups in total. The number of benzene rings is 2. The molecule has 7 heteroatoms. The first-order valence-corrected chi connectivity index (χ1v) is 6.41. The van der Waals surface area contributed by atoms with E-state index in [1.54, 1.807) is 24.3 Å². The van der Waals surface area contributed by atoms with Crippen molar-refractivity contribution in [3.8, 4) is 6.07 Å². The minimum atomic E-state index is -4.45. The van der Waals surface area contributed by atoms with Gasteiger partial charge in [0.2, 0.25) is 0 Å². The van der Waals surface area contributed by atoms with Crippen LogP contribution >= 0.6 is 0 Å². The minimum Gasteiger partial charge on any atom is -0.267 e. The smallest absolute Gasteiger partial charge is 0.267 e. The summed E-state index contributed by atoms with van der Waals surface area (Å²) < 4.78 is 37.3. The van der Waals surface area contributed by atoms with Crippen molar-refractivity contribution in [3.05, 3.63) is 70.8 Å². The monoisotopic (exact) mass is 317 g/mol. The highest BCUT2D eigenvalue weighted by atomic mass is 19.4. The molecule has 0 heterocycles. The molecule has 0 saturated carbocycles. The van der Waals surface area contributed by atoms with E-state index in [-0.39, 0.29) is 5.56 Å². The van der Waals surface area contributed by atoms with Gasteiger partial charge in [0.1, 0.15) is 0 Å². The Kier molecular flexibility index (Phi) is 4.76. The average molecular weight is 317 g/mol. The molecule has 1 amide bonds. The van der Waals surface area contributed by atoms with Gasteiger partial charge in [-0.2, -0.15) is 23.5 Å². The molecule has 0 aliphatic carbocycles. The minimum absolute atomic E-state index is 0.0451. The number of hydrazone groups is 1. The molecule has 116 valence electrons. The summed E-state index contributed by atoms with van der Waals surface area (Å²) in [5, 5.41) is 12.6. The maximum Gasteiger partial charge on any atom is 0.416 e. The first-order valence-electron chi connectivity index (χ1n) is 6.41. The van der Waals surface area contributed by atoms with Gasteiger partial charge in [0, 0.05) is 11.1 Å². The largest absolute Gasteiger partial charge is 0.416 e. The maximum absolute atomic E-state index is 12.4. The van der Waals surface area contributed by atoms with Crippen LogP contribution in [-0.4, -0.2) is 12.1 Å². The van der Waals surface area contributed by atoms with Gasteiger partial charge >= 0.3 is 6.18 Å². The van der Waals surface area contributed by atoms with Crippen LogP contribution in [0.2, 0.25) is 0 Å². The Hall–Kier alpha value is -3.14. The lowest BCUT2D eigenvalue weighted by Gasteiger charge is -2.06. The summed E-state index contributed by atoms with van der Waals surface area (Å²) in [5.74, 6) is -0.649. The first kappa shape index (κ1) is 16.2. The number of carbonyl (C=O) groups is 1. The number of nitrogens with one attached hydrogen (secondary N) is 1. The summed E-state index contributed by atoms with van der Waals surface area (Å²) in [4.78, 5) is 11.8. The summed E-state index contributed by atoms with van der Waals surface area (Å²) in [5.41, 5.74) is 2.31. The lowest BCUT2D eigenvalue weighted by Crippen LogP contribution is -2.18. The molecule has 2 aromatic carbocycles. The van der Waals surface area contributed by atoms with E-state index < -0.39 is 17.6 Å². The summed E-state index contributed by atoms with van der Waals surface area (Å²) in [6.07, 6.45) is -3.16. The molecule has 2 rings (SSSR count). The number of rotatable bonds is 3. The van der Waals surface area contributed by atoms with Crippen LogP contribution in [-0.2, 0) is 6.18 Å². The van der Waals surface area contributed by atoms with Gasteiger partial charge in [0.25, 0.3) is 5.91 Å². The zero-order valence-corrected chi connectivity index (χ0v) is 11.6. The van der Waals surface area contributed by atoms with E-state index in [1.807, 2.05) is 6.07 Å². The van der Waals surface area contributed by atoms with Gasteiger partial charge in [0.05, 0.1) is 23.4 Å². The summed E-state index contributed by atoms with van der Waals surface area (Å²) in [7, 11) is 0. The van der Waals surface area contributed by atoms with E-state index in [0.717, 1.165) is 24.3 Å². The van der Waals surface area contributed by atoms with Crippen LogP contribution in [0.25, 0.3) is 0 Å². The third-order valence-corrected chi connectivity index (χ3v) is 2.93. The van der Waals surface area contributed by atoms with E-state index in [9.17, 15) is 18.0 Å². The molecule has 0 unspecified atom stereocenters.